The predicted molar refractivity (Wildman–Crippen MR) is 76.9 cm³/mol. The van der Waals surface area contributed by atoms with Crippen LogP contribution in [-0.2, 0) is 0 Å². The van der Waals surface area contributed by atoms with E-state index in [4.69, 9.17) is 5.11 Å². The van der Waals surface area contributed by atoms with E-state index in [0.29, 0.717) is 11.6 Å². The lowest BCUT2D eigenvalue weighted by molar-refractivity contribution is 0.0690. The molecular weight excluding hydrogens is 258 g/mol. The molecule has 0 spiro atoms. The van der Waals surface area contributed by atoms with Crippen molar-refractivity contribution >= 4 is 17.7 Å². The molecule has 0 fully saturated rings. The first-order valence-electron chi connectivity index (χ1n) is 6.74. The summed E-state index contributed by atoms with van der Waals surface area (Å²) in [5, 5.41) is 14.2. The summed E-state index contributed by atoms with van der Waals surface area (Å²) in [6, 6.07) is 2.63. The van der Waals surface area contributed by atoms with Crippen molar-refractivity contribution in [2.45, 2.75) is 39.7 Å². The van der Waals surface area contributed by atoms with Crippen LogP contribution in [0.15, 0.2) is 18.3 Å². The molecule has 1 atom stereocenters. The molecule has 1 heterocycles. The van der Waals surface area contributed by atoms with Crippen molar-refractivity contribution in [1.82, 2.24) is 10.3 Å². The summed E-state index contributed by atoms with van der Waals surface area (Å²) >= 11 is 0. The van der Waals surface area contributed by atoms with Gasteiger partial charge in [-0.3, -0.25) is 0 Å². The third-order valence-electron chi connectivity index (χ3n) is 3.36. The monoisotopic (exact) mass is 279 g/mol. The average Bonchev–Trinajstić information content (AvgIpc) is 2.40. The number of anilines is 1. The van der Waals surface area contributed by atoms with Gasteiger partial charge in [-0.15, -0.1) is 0 Å². The summed E-state index contributed by atoms with van der Waals surface area (Å²) in [4.78, 5) is 26.2. The number of nitrogens with zero attached hydrogens (tertiary/aromatic N) is 1. The molecule has 0 aliphatic carbocycles. The van der Waals surface area contributed by atoms with Crippen molar-refractivity contribution in [1.29, 1.82) is 0 Å². The Kier molecular flexibility index (Phi) is 5.96. The fourth-order valence-corrected chi connectivity index (χ4v) is 2.08. The molecule has 0 saturated carbocycles. The average molecular weight is 279 g/mol. The van der Waals surface area contributed by atoms with Gasteiger partial charge in [-0.1, -0.05) is 26.7 Å². The molecule has 110 valence electrons. The van der Waals surface area contributed by atoms with Gasteiger partial charge in [-0.05, 0) is 25.0 Å². The minimum absolute atomic E-state index is 0.0543. The number of hydrogen-bond donors (Lipinski definition) is 3. The van der Waals surface area contributed by atoms with Gasteiger partial charge in [0.05, 0.1) is 11.9 Å². The first-order valence-corrected chi connectivity index (χ1v) is 6.74. The quantitative estimate of drug-likeness (QED) is 0.746. The van der Waals surface area contributed by atoms with Gasteiger partial charge in [-0.2, -0.15) is 0 Å². The summed E-state index contributed by atoms with van der Waals surface area (Å²) in [6.45, 7) is 6.17. The number of urea groups is 1. The summed E-state index contributed by atoms with van der Waals surface area (Å²) in [6.07, 6.45) is 3.34. The van der Waals surface area contributed by atoms with Crippen molar-refractivity contribution in [3.63, 3.8) is 0 Å². The Bertz CT molecular complexity index is 455. The maximum absolute atomic E-state index is 11.8. The second kappa shape index (κ2) is 7.47. The van der Waals surface area contributed by atoms with Crippen LogP contribution in [0, 0.1) is 5.92 Å². The highest BCUT2D eigenvalue weighted by atomic mass is 16.4. The molecule has 2 amide bonds. The van der Waals surface area contributed by atoms with Gasteiger partial charge < -0.3 is 15.7 Å². The van der Waals surface area contributed by atoms with E-state index in [0.717, 1.165) is 12.8 Å². The van der Waals surface area contributed by atoms with Crippen LogP contribution >= 0.6 is 0 Å². The fourth-order valence-electron chi connectivity index (χ4n) is 2.08. The Morgan fingerprint density at radius 1 is 1.30 bits per heavy atom. The highest BCUT2D eigenvalue weighted by molar-refractivity contribution is 5.90. The second-order valence-corrected chi connectivity index (χ2v) is 4.70. The second-order valence-electron chi connectivity index (χ2n) is 4.70. The summed E-state index contributed by atoms with van der Waals surface area (Å²) in [5.41, 5.74) is 0.408. The topological polar surface area (TPSA) is 91.3 Å². The van der Waals surface area contributed by atoms with Crippen molar-refractivity contribution in [3.8, 4) is 0 Å². The van der Waals surface area contributed by atoms with Crippen LogP contribution < -0.4 is 10.6 Å². The largest absolute Gasteiger partial charge is 0.477 e. The molecule has 1 aromatic rings. The molecule has 0 aromatic carbocycles. The Labute approximate surface area is 118 Å². The minimum Gasteiger partial charge on any atom is -0.477 e. The number of aromatic nitrogens is 1. The highest BCUT2D eigenvalue weighted by Gasteiger charge is 2.15. The molecule has 0 saturated heterocycles. The Morgan fingerprint density at radius 3 is 2.40 bits per heavy atom. The van der Waals surface area contributed by atoms with Crippen molar-refractivity contribution in [2.24, 2.45) is 5.92 Å². The van der Waals surface area contributed by atoms with Crippen LogP contribution in [0.2, 0.25) is 0 Å². The lowest BCUT2D eigenvalue weighted by atomic mass is 9.96. The number of carbonyl (C=O) groups excluding carboxylic acids is 1. The van der Waals surface area contributed by atoms with E-state index in [-0.39, 0.29) is 17.8 Å². The van der Waals surface area contributed by atoms with E-state index in [1.165, 1.54) is 18.3 Å². The SMILES string of the molecule is CCC(CC)C(C)NC(=O)Nc1ccc(C(=O)O)nc1. The smallest absolute Gasteiger partial charge is 0.354 e. The number of carboxylic acids is 1. The third kappa shape index (κ3) is 4.53. The zero-order valence-corrected chi connectivity index (χ0v) is 12.0. The fraction of sp³-hybridized carbons (Fsp3) is 0.500. The Hall–Kier alpha value is -2.11. The van der Waals surface area contributed by atoms with E-state index < -0.39 is 5.97 Å². The van der Waals surface area contributed by atoms with Crippen LogP contribution in [0.4, 0.5) is 10.5 Å². The summed E-state index contributed by atoms with van der Waals surface area (Å²) in [7, 11) is 0. The van der Waals surface area contributed by atoms with Gasteiger partial charge >= 0.3 is 12.0 Å². The first kappa shape index (κ1) is 15.9. The number of amides is 2. The maximum atomic E-state index is 11.8. The number of carbonyl (C=O) groups is 2. The molecule has 1 aromatic heterocycles. The summed E-state index contributed by atoms with van der Waals surface area (Å²) in [5.74, 6) is -0.656. The maximum Gasteiger partial charge on any atom is 0.354 e. The van der Waals surface area contributed by atoms with E-state index in [1.54, 1.807) is 0 Å². The van der Waals surface area contributed by atoms with Crippen molar-refractivity contribution in [3.05, 3.63) is 24.0 Å². The van der Waals surface area contributed by atoms with Gasteiger partial charge in [0.25, 0.3) is 0 Å². The van der Waals surface area contributed by atoms with E-state index >= 15 is 0 Å². The molecule has 0 aliphatic heterocycles. The Morgan fingerprint density at radius 2 is 1.95 bits per heavy atom. The first-order chi connectivity index (χ1) is 9.47. The highest BCUT2D eigenvalue weighted by Crippen LogP contribution is 2.13. The van der Waals surface area contributed by atoms with E-state index in [1.807, 2.05) is 6.92 Å². The molecule has 0 aliphatic rings. The van der Waals surface area contributed by atoms with Gasteiger partial charge in [0.1, 0.15) is 5.69 Å². The van der Waals surface area contributed by atoms with Gasteiger partial charge in [0.15, 0.2) is 0 Å². The van der Waals surface area contributed by atoms with Gasteiger partial charge in [0, 0.05) is 6.04 Å². The third-order valence-corrected chi connectivity index (χ3v) is 3.36. The molecular formula is C14H21N3O3. The number of carboxylic acid groups (broad SMARTS) is 1. The van der Waals surface area contributed by atoms with Crippen LogP contribution in [0.1, 0.15) is 44.1 Å². The number of nitrogens with one attached hydrogen (secondary N) is 2. The molecule has 0 radical (unpaired) electrons. The molecule has 6 heteroatoms. The molecule has 3 N–H and O–H groups in total. The Balaban J connectivity index is 2.55. The molecule has 6 nitrogen and oxygen atoms in total. The normalized spacial score (nSPS) is 12.0. The van der Waals surface area contributed by atoms with Crippen LogP contribution in [0.5, 0.6) is 0 Å². The van der Waals surface area contributed by atoms with E-state index in [2.05, 4.69) is 29.5 Å². The van der Waals surface area contributed by atoms with Crippen molar-refractivity contribution in [2.75, 3.05) is 5.32 Å². The van der Waals surface area contributed by atoms with Crippen LogP contribution in [0.25, 0.3) is 0 Å². The number of pyridine rings is 1. The van der Waals surface area contributed by atoms with Gasteiger partial charge in [-0.25, -0.2) is 14.6 Å². The van der Waals surface area contributed by atoms with Gasteiger partial charge in [0.2, 0.25) is 0 Å². The molecule has 1 unspecified atom stereocenters. The molecule has 20 heavy (non-hydrogen) atoms. The van der Waals surface area contributed by atoms with E-state index in [9.17, 15) is 9.59 Å². The lowest BCUT2D eigenvalue weighted by Crippen LogP contribution is -2.40. The number of aromatic carboxylic acids is 1. The lowest BCUT2D eigenvalue weighted by Gasteiger charge is -2.22. The van der Waals surface area contributed by atoms with Crippen LogP contribution in [-0.4, -0.2) is 28.1 Å². The molecule has 1 rings (SSSR count). The van der Waals surface area contributed by atoms with Crippen LogP contribution in [0.3, 0.4) is 0 Å². The summed E-state index contributed by atoms with van der Waals surface area (Å²) < 4.78 is 0. The minimum atomic E-state index is -1.09. The van der Waals surface area contributed by atoms with Crippen molar-refractivity contribution < 1.29 is 14.7 Å². The number of rotatable bonds is 6. The molecule has 0 bridgehead atoms. The zero-order valence-electron chi connectivity index (χ0n) is 12.0. The predicted octanol–water partition coefficient (Wildman–Crippen LogP) is 2.73. The zero-order chi connectivity index (χ0) is 15.1. The standard InChI is InChI=1S/C14H21N3O3/c1-4-10(5-2)9(3)16-14(20)17-11-6-7-12(13(18)19)15-8-11/h6-10H,4-5H2,1-3H3,(H,18,19)(H2,16,17,20). The number of hydrogen-bond acceptors (Lipinski definition) is 3.